The Hall–Kier alpha value is -3.94. The molecule has 0 unspecified atom stereocenters. The summed E-state index contributed by atoms with van der Waals surface area (Å²) in [5.74, 6) is 0.941. The van der Waals surface area contributed by atoms with E-state index in [-0.39, 0.29) is 11.4 Å². The number of benzene rings is 1. The molecule has 3 heterocycles. The summed E-state index contributed by atoms with van der Waals surface area (Å²) in [6, 6.07) is 11.1. The number of carbonyl (C=O) groups excluding carboxylic acids is 1. The van der Waals surface area contributed by atoms with Crippen molar-refractivity contribution in [3.05, 3.63) is 66.2 Å². The quantitative estimate of drug-likeness (QED) is 0.428. The van der Waals surface area contributed by atoms with Crippen LogP contribution >= 0.6 is 0 Å². The number of aromatic nitrogens is 4. The summed E-state index contributed by atoms with van der Waals surface area (Å²) in [5, 5.41) is 9.92. The lowest BCUT2D eigenvalue weighted by molar-refractivity contribution is 0.262. The largest absolute Gasteiger partial charge is 0.382 e. The fraction of sp³-hybridized carbons (Fsp3) is 0.250. The van der Waals surface area contributed by atoms with Crippen LogP contribution in [0.15, 0.2) is 55.1 Å². The van der Waals surface area contributed by atoms with E-state index >= 15 is 0 Å². The fourth-order valence-electron chi connectivity index (χ4n) is 3.64. The number of rotatable bonds is 4. The summed E-state index contributed by atoms with van der Waals surface area (Å²) in [6.45, 7) is 8.44. The van der Waals surface area contributed by atoms with Gasteiger partial charge in [-0.05, 0) is 52.8 Å². The number of hydrogen-bond donors (Lipinski definition) is 3. The van der Waals surface area contributed by atoms with E-state index in [2.05, 4.69) is 53.4 Å². The van der Waals surface area contributed by atoms with Crippen LogP contribution in [-0.4, -0.2) is 25.6 Å². The molecule has 4 aromatic rings. The molecule has 2 amide bonds. The van der Waals surface area contributed by atoms with E-state index in [0.29, 0.717) is 17.3 Å². The van der Waals surface area contributed by atoms with Gasteiger partial charge in [0.15, 0.2) is 5.82 Å². The summed E-state index contributed by atoms with van der Waals surface area (Å²) in [5.41, 5.74) is 11.8. The first-order chi connectivity index (χ1) is 15.3. The van der Waals surface area contributed by atoms with Gasteiger partial charge in [0.05, 0.1) is 0 Å². The number of urea groups is 1. The van der Waals surface area contributed by atoms with E-state index in [1.54, 1.807) is 10.7 Å². The van der Waals surface area contributed by atoms with Gasteiger partial charge in [0.1, 0.15) is 17.7 Å². The minimum atomic E-state index is -0.350. The van der Waals surface area contributed by atoms with E-state index in [1.165, 1.54) is 6.33 Å². The average Bonchev–Trinajstić information content (AvgIpc) is 3.14. The highest BCUT2D eigenvalue weighted by Gasteiger charge is 2.16. The van der Waals surface area contributed by atoms with Crippen LogP contribution in [0.1, 0.15) is 38.8 Å². The molecule has 164 valence electrons. The Morgan fingerprint density at radius 1 is 1.09 bits per heavy atom. The number of carbonyl (C=O) groups is 1. The molecule has 0 fully saturated rings. The molecule has 0 aliphatic heterocycles. The number of nitrogen functional groups attached to an aromatic ring is 1. The number of nitrogens with zero attached hydrogens (tertiary/aromatic N) is 4. The van der Waals surface area contributed by atoms with Crippen molar-refractivity contribution < 1.29 is 4.79 Å². The third kappa shape index (κ3) is 4.25. The maximum atomic E-state index is 12.5. The smallest absolute Gasteiger partial charge is 0.324 e. The Morgan fingerprint density at radius 2 is 1.84 bits per heavy atom. The predicted octanol–water partition coefficient (Wildman–Crippen LogP) is 4.88. The standard InChI is InChI=1S/C24H27N7O/c1-5-15-13-31-21(22(25)27-14-28-31)20(15)16-6-8-18(9-7-16)29-23(32)30-19-12-17(10-11-26-19)24(2,3)4/h6-14H,5H2,1-4H3,(H2,25,27,28)(H2,26,29,30,32). The van der Waals surface area contributed by atoms with Gasteiger partial charge >= 0.3 is 6.03 Å². The second-order valence-electron chi connectivity index (χ2n) is 8.66. The Balaban J connectivity index is 1.53. The lowest BCUT2D eigenvalue weighted by atomic mass is 9.88. The van der Waals surface area contributed by atoms with Crippen LogP contribution in [0, 0.1) is 0 Å². The highest BCUT2D eigenvalue weighted by atomic mass is 16.2. The van der Waals surface area contributed by atoms with Crippen molar-refractivity contribution in [3.63, 3.8) is 0 Å². The summed E-state index contributed by atoms with van der Waals surface area (Å²) >= 11 is 0. The molecule has 0 spiro atoms. The van der Waals surface area contributed by atoms with Crippen molar-refractivity contribution in [3.8, 4) is 11.1 Å². The molecule has 0 atom stereocenters. The summed E-state index contributed by atoms with van der Waals surface area (Å²) in [6.07, 6.45) is 5.96. The van der Waals surface area contributed by atoms with Gasteiger partial charge in [-0.1, -0.05) is 39.8 Å². The topological polar surface area (TPSA) is 110 Å². The molecule has 0 saturated carbocycles. The van der Waals surface area contributed by atoms with Crippen LogP contribution in [0.2, 0.25) is 0 Å². The molecule has 0 radical (unpaired) electrons. The molecular weight excluding hydrogens is 402 g/mol. The molecule has 3 aromatic heterocycles. The fourth-order valence-corrected chi connectivity index (χ4v) is 3.64. The summed E-state index contributed by atoms with van der Waals surface area (Å²) in [7, 11) is 0. The Bertz CT molecular complexity index is 1270. The second-order valence-corrected chi connectivity index (χ2v) is 8.66. The van der Waals surface area contributed by atoms with E-state index in [0.717, 1.165) is 34.2 Å². The molecule has 1 aromatic carbocycles. The van der Waals surface area contributed by atoms with Crippen LogP contribution in [0.4, 0.5) is 22.1 Å². The third-order valence-corrected chi connectivity index (χ3v) is 5.36. The molecule has 4 rings (SSSR count). The Labute approximate surface area is 186 Å². The highest BCUT2D eigenvalue weighted by Crippen LogP contribution is 2.33. The monoisotopic (exact) mass is 429 g/mol. The van der Waals surface area contributed by atoms with Crippen LogP contribution < -0.4 is 16.4 Å². The predicted molar refractivity (Wildman–Crippen MR) is 128 cm³/mol. The normalized spacial score (nSPS) is 11.5. The van der Waals surface area contributed by atoms with Crippen molar-refractivity contribution in [2.24, 2.45) is 0 Å². The molecule has 0 saturated heterocycles. The highest BCUT2D eigenvalue weighted by molar-refractivity contribution is 5.99. The number of nitrogens with one attached hydrogen (secondary N) is 2. The van der Waals surface area contributed by atoms with Crippen molar-refractivity contribution in [1.82, 2.24) is 19.6 Å². The SMILES string of the molecule is CCc1cn2ncnc(N)c2c1-c1ccc(NC(=O)Nc2cc(C(C)(C)C)ccn2)cc1. The number of fused-ring (bicyclic) bond motifs is 1. The average molecular weight is 430 g/mol. The Kier molecular flexibility index (Phi) is 5.52. The number of hydrogen-bond acceptors (Lipinski definition) is 5. The number of anilines is 3. The van der Waals surface area contributed by atoms with Gasteiger partial charge in [-0.2, -0.15) is 5.10 Å². The molecule has 4 N–H and O–H groups in total. The molecule has 32 heavy (non-hydrogen) atoms. The van der Waals surface area contributed by atoms with Gasteiger partial charge in [-0.15, -0.1) is 0 Å². The first kappa shape index (κ1) is 21.3. The maximum Gasteiger partial charge on any atom is 0.324 e. The Morgan fingerprint density at radius 3 is 2.53 bits per heavy atom. The molecule has 0 aliphatic carbocycles. The minimum absolute atomic E-state index is 0.0271. The van der Waals surface area contributed by atoms with E-state index in [1.807, 2.05) is 42.6 Å². The van der Waals surface area contributed by atoms with Crippen LogP contribution in [0.25, 0.3) is 16.6 Å². The number of nitrogens with two attached hydrogens (primary N) is 1. The lowest BCUT2D eigenvalue weighted by Gasteiger charge is -2.19. The summed E-state index contributed by atoms with van der Waals surface area (Å²) in [4.78, 5) is 20.9. The van der Waals surface area contributed by atoms with Gasteiger partial charge in [0.25, 0.3) is 0 Å². The van der Waals surface area contributed by atoms with Gasteiger partial charge < -0.3 is 11.1 Å². The van der Waals surface area contributed by atoms with Gasteiger partial charge in [-0.25, -0.2) is 19.3 Å². The van der Waals surface area contributed by atoms with Crippen LogP contribution in [-0.2, 0) is 11.8 Å². The zero-order valence-electron chi connectivity index (χ0n) is 18.7. The number of amides is 2. The third-order valence-electron chi connectivity index (χ3n) is 5.36. The molecular formula is C24H27N7O. The van der Waals surface area contributed by atoms with Crippen molar-refractivity contribution in [2.45, 2.75) is 39.5 Å². The molecule has 0 bridgehead atoms. The van der Waals surface area contributed by atoms with Crippen molar-refractivity contribution >= 4 is 28.9 Å². The van der Waals surface area contributed by atoms with Crippen molar-refractivity contribution in [1.29, 1.82) is 0 Å². The first-order valence-electron chi connectivity index (χ1n) is 10.5. The van der Waals surface area contributed by atoms with Crippen LogP contribution in [0.3, 0.4) is 0 Å². The zero-order chi connectivity index (χ0) is 22.9. The van der Waals surface area contributed by atoms with Gasteiger partial charge in [-0.3, -0.25) is 5.32 Å². The first-order valence-corrected chi connectivity index (χ1v) is 10.5. The summed E-state index contributed by atoms with van der Waals surface area (Å²) < 4.78 is 1.76. The van der Waals surface area contributed by atoms with Crippen LogP contribution in [0.5, 0.6) is 0 Å². The number of aryl methyl sites for hydroxylation is 1. The molecule has 8 nitrogen and oxygen atoms in total. The minimum Gasteiger partial charge on any atom is -0.382 e. The lowest BCUT2D eigenvalue weighted by Crippen LogP contribution is -2.21. The number of pyridine rings is 1. The maximum absolute atomic E-state index is 12.5. The second kappa shape index (κ2) is 8.30. The van der Waals surface area contributed by atoms with E-state index in [4.69, 9.17) is 5.73 Å². The van der Waals surface area contributed by atoms with E-state index < -0.39 is 0 Å². The van der Waals surface area contributed by atoms with E-state index in [9.17, 15) is 4.79 Å². The molecule has 0 aliphatic rings. The van der Waals surface area contributed by atoms with Gasteiger partial charge in [0, 0.05) is 23.6 Å². The van der Waals surface area contributed by atoms with Gasteiger partial charge in [0.2, 0.25) is 0 Å². The van der Waals surface area contributed by atoms with Crippen molar-refractivity contribution in [2.75, 3.05) is 16.4 Å². The molecule has 8 heteroatoms. The zero-order valence-corrected chi connectivity index (χ0v) is 18.7.